The van der Waals surface area contributed by atoms with Gasteiger partial charge >= 0.3 is 5.97 Å². The van der Waals surface area contributed by atoms with E-state index in [4.69, 9.17) is 18.9 Å². The predicted molar refractivity (Wildman–Crippen MR) is 167 cm³/mol. The van der Waals surface area contributed by atoms with E-state index in [1.165, 1.54) is 5.57 Å². The third kappa shape index (κ3) is 6.58. The van der Waals surface area contributed by atoms with Crippen LogP contribution in [0.15, 0.2) is 58.7 Å². The van der Waals surface area contributed by atoms with Crippen LogP contribution in [0.2, 0.25) is 0 Å². The highest BCUT2D eigenvalue weighted by molar-refractivity contribution is 5.78. The van der Waals surface area contributed by atoms with Crippen molar-refractivity contribution in [2.45, 2.75) is 129 Å². The maximum absolute atomic E-state index is 14.0. The molecule has 0 aromatic rings. The standard InChI is InChI=1S/C36H52O8/c1-20(2)13-24(6)32-25(7)30(37)18-35(44-32)17-28-16-27(43-35)12-11-22(4)14-21(3)9-8-10-26-19-41-33-31(38)23(5)15-29(34(39)42-28)36(26,33)40/h8-11,13,15,20-21,25,27-33,37-38,40H,12,14,16-19H2,1-7H3/b9-8+,22-11+,24-13+,26-10+/t21-,25-,27+,28-,29-,30-,31+,32+,33?,35-,36+/m0/s1. The van der Waals surface area contributed by atoms with Crippen LogP contribution in [0.4, 0.5) is 0 Å². The molecule has 1 aliphatic carbocycles. The van der Waals surface area contributed by atoms with E-state index in [2.05, 4.69) is 45.9 Å². The Hall–Kier alpha value is -2.07. The van der Waals surface area contributed by atoms with Crippen LogP contribution in [0.1, 0.15) is 80.6 Å². The van der Waals surface area contributed by atoms with Crippen LogP contribution < -0.4 is 0 Å². The van der Waals surface area contributed by atoms with Crippen molar-refractivity contribution < 1.29 is 39.1 Å². The highest BCUT2D eigenvalue weighted by Gasteiger charge is 2.60. The first-order chi connectivity index (χ1) is 20.7. The molecule has 2 bridgehead atoms. The molecule has 11 atom stereocenters. The lowest BCUT2D eigenvalue weighted by molar-refractivity contribution is -0.342. The van der Waals surface area contributed by atoms with Gasteiger partial charge in [0.15, 0.2) is 5.79 Å². The predicted octanol–water partition coefficient (Wildman–Crippen LogP) is 5.09. The van der Waals surface area contributed by atoms with Crippen molar-refractivity contribution in [1.29, 1.82) is 0 Å². The fraction of sp³-hybridized carbons (Fsp3) is 0.694. The average Bonchev–Trinajstić information content (AvgIpc) is 3.27. The summed E-state index contributed by atoms with van der Waals surface area (Å²) in [5.74, 6) is -2.31. The maximum atomic E-state index is 14.0. The van der Waals surface area contributed by atoms with Crippen molar-refractivity contribution in [3.05, 3.63) is 58.7 Å². The molecule has 44 heavy (non-hydrogen) atoms. The Morgan fingerprint density at radius 3 is 2.59 bits per heavy atom. The number of fused-ring (bicyclic) bond motifs is 2. The highest BCUT2D eigenvalue weighted by Crippen LogP contribution is 2.47. The van der Waals surface area contributed by atoms with E-state index < -0.39 is 47.7 Å². The molecule has 0 aromatic carbocycles. The second-order valence-electron chi connectivity index (χ2n) is 14.4. The van der Waals surface area contributed by atoms with Gasteiger partial charge in [0.2, 0.25) is 0 Å². The summed E-state index contributed by atoms with van der Waals surface area (Å²) in [7, 11) is 0. The Kier molecular flexibility index (Phi) is 9.82. The van der Waals surface area contributed by atoms with E-state index in [1.54, 1.807) is 13.0 Å². The lowest BCUT2D eigenvalue weighted by Gasteiger charge is -2.51. The average molecular weight is 613 g/mol. The zero-order chi connectivity index (χ0) is 32.0. The topological polar surface area (TPSA) is 115 Å². The quantitative estimate of drug-likeness (QED) is 0.292. The van der Waals surface area contributed by atoms with E-state index >= 15 is 0 Å². The van der Waals surface area contributed by atoms with Gasteiger partial charge in [0.05, 0.1) is 24.9 Å². The molecule has 5 rings (SSSR count). The highest BCUT2D eigenvalue weighted by atomic mass is 16.7. The van der Waals surface area contributed by atoms with E-state index in [9.17, 15) is 20.1 Å². The molecule has 244 valence electrons. The Bertz CT molecular complexity index is 1240. The van der Waals surface area contributed by atoms with Crippen molar-refractivity contribution in [2.75, 3.05) is 6.61 Å². The molecule has 0 saturated carbocycles. The Morgan fingerprint density at radius 2 is 1.86 bits per heavy atom. The van der Waals surface area contributed by atoms with Gasteiger partial charge in [-0.2, -0.15) is 0 Å². The minimum Gasteiger partial charge on any atom is -0.462 e. The molecule has 8 heteroatoms. The van der Waals surface area contributed by atoms with Gasteiger partial charge in [0.25, 0.3) is 0 Å². The number of esters is 1. The largest absolute Gasteiger partial charge is 0.462 e. The number of carbonyl (C=O) groups is 1. The van der Waals surface area contributed by atoms with Crippen LogP contribution in [0.25, 0.3) is 0 Å². The molecule has 3 N–H and O–H groups in total. The molecule has 8 nitrogen and oxygen atoms in total. The zero-order valence-electron chi connectivity index (χ0n) is 27.4. The zero-order valence-corrected chi connectivity index (χ0v) is 27.4. The first-order valence-electron chi connectivity index (χ1n) is 16.4. The first kappa shape index (κ1) is 33.3. The lowest BCUT2D eigenvalue weighted by Crippen LogP contribution is -2.59. The van der Waals surface area contributed by atoms with Crippen molar-refractivity contribution in [2.24, 2.45) is 23.7 Å². The molecule has 5 aliphatic rings. The molecule has 0 radical (unpaired) electrons. The van der Waals surface area contributed by atoms with Crippen LogP contribution >= 0.6 is 0 Å². The van der Waals surface area contributed by atoms with Crippen LogP contribution in [0.3, 0.4) is 0 Å². The summed E-state index contributed by atoms with van der Waals surface area (Å²) in [5.41, 5.74) is 1.64. The summed E-state index contributed by atoms with van der Waals surface area (Å²) < 4.78 is 25.7. The fourth-order valence-corrected chi connectivity index (χ4v) is 7.85. The molecular weight excluding hydrogens is 560 g/mol. The van der Waals surface area contributed by atoms with Crippen LogP contribution in [-0.2, 0) is 23.7 Å². The fourth-order valence-electron chi connectivity index (χ4n) is 7.85. The normalized spacial score (nSPS) is 46.8. The number of hydrogen-bond donors (Lipinski definition) is 3. The van der Waals surface area contributed by atoms with Gasteiger partial charge in [0.1, 0.15) is 29.8 Å². The van der Waals surface area contributed by atoms with Gasteiger partial charge in [-0.1, -0.05) is 69.7 Å². The van der Waals surface area contributed by atoms with Gasteiger partial charge in [-0.05, 0) is 62.2 Å². The summed E-state index contributed by atoms with van der Waals surface area (Å²) in [6.45, 7) is 14.4. The second kappa shape index (κ2) is 13.0. The number of allylic oxidation sites excluding steroid dienone is 5. The SMILES string of the molecule is CC1=C[C@H]2C(=O)O[C@H]3C[C@@H](C/C=C(\C)C[C@@H](C)/C=C/C=C4\COC([C@@H]1O)[C@@]42O)O[C@]1(C3)C[C@H](O)[C@H](C)[C@@H](/C(C)=C/C(C)C)O1. The third-order valence-corrected chi connectivity index (χ3v) is 10.1. The minimum atomic E-state index is -1.74. The summed E-state index contributed by atoms with van der Waals surface area (Å²) in [4.78, 5) is 14.0. The number of aliphatic hydroxyl groups excluding tert-OH is 2. The summed E-state index contributed by atoms with van der Waals surface area (Å²) >= 11 is 0. The molecule has 1 unspecified atom stereocenters. The number of hydrogen-bond acceptors (Lipinski definition) is 8. The van der Waals surface area contributed by atoms with E-state index in [-0.39, 0.29) is 43.5 Å². The summed E-state index contributed by atoms with van der Waals surface area (Å²) in [5, 5.41) is 34.3. The summed E-state index contributed by atoms with van der Waals surface area (Å²) in [6.07, 6.45) is 10.4. The van der Waals surface area contributed by atoms with Crippen LogP contribution in [0, 0.1) is 23.7 Å². The summed E-state index contributed by atoms with van der Waals surface area (Å²) in [6, 6.07) is 0. The molecule has 0 amide bonds. The number of ether oxygens (including phenoxy) is 4. The minimum absolute atomic E-state index is 0.109. The number of aliphatic hydroxyl groups is 3. The van der Waals surface area contributed by atoms with Gasteiger partial charge in [-0.25, -0.2) is 0 Å². The smallest absolute Gasteiger partial charge is 0.316 e. The molecule has 3 saturated heterocycles. The van der Waals surface area contributed by atoms with E-state index in [0.717, 1.165) is 12.0 Å². The monoisotopic (exact) mass is 612 g/mol. The van der Waals surface area contributed by atoms with Gasteiger partial charge < -0.3 is 34.3 Å². The van der Waals surface area contributed by atoms with Crippen LogP contribution in [0.5, 0.6) is 0 Å². The van der Waals surface area contributed by atoms with Crippen molar-refractivity contribution in [1.82, 2.24) is 0 Å². The third-order valence-electron chi connectivity index (χ3n) is 10.1. The number of carbonyl (C=O) groups excluding carboxylic acids is 1. The van der Waals surface area contributed by atoms with Gasteiger partial charge in [0, 0.05) is 25.2 Å². The molecule has 4 heterocycles. The van der Waals surface area contributed by atoms with E-state index in [1.807, 2.05) is 26.0 Å². The molecular formula is C36H52O8. The molecule has 3 fully saturated rings. The molecule has 4 aliphatic heterocycles. The second-order valence-corrected chi connectivity index (χ2v) is 14.4. The van der Waals surface area contributed by atoms with Crippen molar-refractivity contribution in [3.8, 4) is 0 Å². The van der Waals surface area contributed by atoms with Gasteiger partial charge in [-0.3, -0.25) is 4.79 Å². The van der Waals surface area contributed by atoms with E-state index in [0.29, 0.717) is 29.9 Å². The number of rotatable bonds is 2. The first-order valence-corrected chi connectivity index (χ1v) is 16.4. The lowest BCUT2D eigenvalue weighted by atomic mass is 9.71. The Morgan fingerprint density at radius 1 is 1.11 bits per heavy atom. The van der Waals surface area contributed by atoms with Crippen molar-refractivity contribution >= 4 is 5.97 Å². The van der Waals surface area contributed by atoms with Crippen molar-refractivity contribution in [3.63, 3.8) is 0 Å². The van der Waals surface area contributed by atoms with Gasteiger partial charge in [-0.15, -0.1) is 0 Å². The molecule has 1 spiro atoms. The maximum Gasteiger partial charge on any atom is 0.316 e. The van der Waals surface area contributed by atoms with Crippen LogP contribution in [-0.4, -0.2) is 75.9 Å². The Labute approximate surface area is 262 Å². The Balaban J connectivity index is 1.52. The molecule has 0 aromatic heterocycles.